The maximum absolute atomic E-state index is 14.3. The highest BCUT2D eigenvalue weighted by Gasteiger charge is 2.47. The lowest BCUT2D eigenvalue weighted by atomic mass is 9.89. The zero-order valence-corrected chi connectivity index (χ0v) is 20.8. The normalized spacial score (nSPS) is 16.5. The molecule has 9 heteroatoms. The summed E-state index contributed by atoms with van der Waals surface area (Å²) >= 11 is 5.63. The Morgan fingerprint density at radius 1 is 1.17 bits per heavy atom. The van der Waals surface area contributed by atoms with Crippen LogP contribution in [0, 0.1) is 5.82 Å². The third kappa shape index (κ3) is 5.23. The SMILES string of the molecule is CC1(c2ccc(N(C(=O)[C@H](F)Cl)[C@@](C)(C(=O)NCCc3cccc(F)c3)c3cncnc3)cc2)CC1. The predicted molar refractivity (Wildman–Crippen MR) is 134 cm³/mol. The minimum atomic E-state index is -2.38. The van der Waals surface area contributed by atoms with Crippen LogP contribution in [-0.4, -0.2) is 34.0 Å². The molecule has 1 aliphatic rings. The number of anilines is 1. The molecule has 1 fully saturated rings. The van der Waals surface area contributed by atoms with Crippen LogP contribution < -0.4 is 10.2 Å². The standard InChI is InChI=1S/C27H27ClF2N4O2/c1-26(11-12-26)19-6-8-22(9-7-19)34(24(35)23(28)30)27(2,20-15-31-17-32-16-20)25(36)33-13-10-18-4-3-5-21(29)14-18/h3-9,14-17,23H,10-13H2,1-2H3,(H,33,36)/t23-,27+/m0/s1. The van der Waals surface area contributed by atoms with E-state index in [2.05, 4.69) is 22.2 Å². The van der Waals surface area contributed by atoms with Crippen LogP contribution in [0.4, 0.5) is 14.5 Å². The van der Waals surface area contributed by atoms with Gasteiger partial charge in [0.2, 0.25) is 0 Å². The molecule has 1 saturated carbocycles. The van der Waals surface area contributed by atoms with E-state index in [4.69, 9.17) is 11.6 Å². The lowest BCUT2D eigenvalue weighted by Gasteiger charge is -2.40. The number of benzene rings is 2. The number of halogens is 3. The molecule has 3 aromatic rings. The zero-order valence-electron chi connectivity index (χ0n) is 20.0. The van der Waals surface area contributed by atoms with Crippen molar-refractivity contribution >= 4 is 29.1 Å². The van der Waals surface area contributed by atoms with E-state index in [1.807, 2.05) is 12.1 Å². The molecule has 2 aromatic carbocycles. The third-order valence-electron chi connectivity index (χ3n) is 6.83. The molecule has 2 atom stereocenters. The van der Waals surface area contributed by atoms with Crippen LogP contribution in [0.15, 0.2) is 67.3 Å². The Bertz CT molecular complexity index is 1240. The van der Waals surface area contributed by atoms with Crippen LogP contribution in [0.3, 0.4) is 0 Å². The van der Waals surface area contributed by atoms with E-state index in [9.17, 15) is 18.4 Å². The number of hydrogen-bond acceptors (Lipinski definition) is 4. The van der Waals surface area contributed by atoms with Crippen LogP contribution in [0.1, 0.15) is 43.4 Å². The largest absolute Gasteiger partial charge is 0.353 e. The van der Waals surface area contributed by atoms with Gasteiger partial charge in [-0.15, -0.1) is 0 Å². The lowest BCUT2D eigenvalue weighted by Crippen LogP contribution is -2.58. The second kappa shape index (κ2) is 10.3. The van der Waals surface area contributed by atoms with Crippen LogP contribution >= 0.6 is 11.6 Å². The maximum atomic E-state index is 14.3. The Labute approximate surface area is 213 Å². The molecule has 36 heavy (non-hydrogen) atoms. The average molecular weight is 513 g/mol. The van der Waals surface area contributed by atoms with E-state index < -0.39 is 23.0 Å². The molecule has 1 N–H and O–H groups in total. The minimum absolute atomic E-state index is 0.0906. The van der Waals surface area contributed by atoms with Crippen molar-refractivity contribution < 1.29 is 18.4 Å². The first-order chi connectivity index (χ1) is 17.1. The van der Waals surface area contributed by atoms with Crippen molar-refractivity contribution in [3.8, 4) is 0 Å². The molecule has 1 heterocycles. The molecule has 1 aliphatic carbocycles. The fraction of sp³-hybridized carbons (Fsp3) is 0.333. The molecule has 0 saturated heterocycles. The topological polar surface area (TPSA) is 75.2 Å². The van der Waals surface area contributed by atoms with Gasteiger partial charge in [-0.05, 0) is 67.0 Å². The van der Waals surface area contributed by atoms with E-state index in [1.165, 1.54) is 37.8 Å². The third-order valence-corrected chi connectivity index (χ3v) is 7.02. The first-order valence-corrected chi connectivity index (χ1v) is 12.1. The first kappa shape index (κ1) is 25.7. The van der Waals surface area contributed by atoms with Crippen molar-refractivity contribution in [2.75, 3.05) is 11.4 Å². The van der Waals surface area contributed by atoms with Gasteiger partial charge < -0.3 is 5.32 Å². The molecule has 2 amide bonds. The number of nitrogens with one attached hydrogen (secondary N) is 1. The quantitative estimate of drug-likeness (QED) is 0.418. The summed E-state index contributed by atoms with van der Waals surface area (Å²) in [4.78, 5) is 35.9. The summed E-state index contributed by atoms with van der Waals surface area (Å²) in [5.74, 6) is -2.05. The summed E-state index contributed by atoms with van der Waals surface area (Å²) in [7, 11) is 0. The van der Waals surface area contributed by atoms with Gasteiger partial charge in [0.25, 0.3) is 17.4 Å². The summed E-state index contributed by atoms with van der Waals surface area (Å²) in [6, 6.07) is 13.2. The summed E-state index contributed by atoms with van der Waals surface area (Å²) in [5.41, 5.74) is -1.64. The van der Waals surface area contributed by atoms with Crippen LogP contribution in [-0.2, 0) is 27.0 Å². The van der Waals surface area contributed by atoms with Crippen molar-refractivity contribution in [2.45, 2.75) is 49.7 Å². The second-order valence-electron chi connectivity index (χ2n) is 9.42. The van der Waals surface area contributed by atoms with Gasteiger partial charge in [0.1, 0.15) is 12.1 Å². The fourth-order valence-corrected chi connectivity index (χ4v) is 4.39. The van der Waals surface area contributed by atoms with Gasteiger partial charge in [-0.3, -0.25) is 14.5 Å². The highest BCUT2D eigenvalue weighted by Crippen LogP contribution is 2.48. The lowest BCUT2D eigenvalue weighted by molar-refractivity contribution is -0.131. The number of aromatic nitrogens is 2. The van der Waals surface area contributed by atoms with Gasteiger partial charge in [-0.1, -0.05) is 42.8 Å². The van der Waals surface area contributed by atoms with Crippen molar-refractivity contribution in [2.24, 2.45) is 0 Å². The van der Waals surface area contributed by atoms with Crippen molar-refractivity contribution in [3.05, 3.63) is 89.8 Å². The van der Waals surface area contributed by atoms with Gasteiger partial charge in [0, 0.05) is 30.2 Å². The molecule has 4 rings (SSSR count). The van der Waals surface area contributed by atoms with Gasteiger partial charge in [0.15, 0.2) is 5.54 Å². The molecule has 0 spiro atoms. The van der Waals surface area contributed by atoms with Crippen LogP contribution in [0.2, 0.25) is 0 Å². The molecule has 0 unspecified atom stereocenters. The number of carbonyl (C=O) groups is 2. The van der Waals surface area contributed by atoms with Crippen molar-refractivity contribution in [3.63, 3.8) is 0 Å². The molecule has 6 nitrogen and oxygen atoms in total. The summed E-state index contributed by atoms with van der Waals surface area (Å²) in [6.07, 6.45) is 6.59. The summed E-state index contributed by atoms with van der Waals surface area (Å²) in [5, 5.41) is 2.80. The first-order valence-electron chi connectivity index (χ1n) is 11.7. The minimum Gasteiger partial charge on any atom is -0.353 e. The zero-order chi connectivity index (χ0) is 25.9. The van der Waals surface area contributed by atoms with E-state index in [1.54, 1.807) is 24.3 Å². The van der Waals surface area contributed by atoms with Gasteiger partial charge in [0.05, 0.1) is 0 Å². The smallest absolute Gasteiger partial charge is 0.278 e. The van der Waals surface area contributed by atoms with E-state index >= 15 is 0 Å². The summed E-state index contributed by atoms with van der Waals surface area (Å²) < 4.78 is 27.8. The number of rotatable bonds is 9. The molecule has 0 aliphatic heterocycles. The number of nitrogens with zero attached hydrogens (tertiary/aromatic N) is 3. The van der Waals surface area contributed by atoms with Gasteiger partial charge >= 0.3 is 0 Å². The highest BCUT2D eigenvalue weighted by molar-refractivity contribution is 6.32. The number of hydrogen-bond donors (Lipinski definition) is 1. The van der Waals surface area contributed by atoms with Crippen molar-refractivity contribution in [1.82, 2.24) is 15.3 Å². The molecular weight excluding hydrogens is 486 g/mol. The average Bonchev–Trinajstić information content (AvgIpc) is 3.63. The fourth-order valence-electron chi connectivity index (χ4n) is 4.29. The Balaban J connectivity index is 1.69. The molecule has 188 valence electrons. The van der Waals surface area contributed by atoms with Crippen LogP contribution in [0.25, 0.3) is 0 Å². The van der Waals surface area contributed by atoms with Gasteiger partial charge in [-0.2, -0.15) is 0 Å². The van der Waals surface area contributed by atoms with E-state index in [0.29, 0.717) is 17.7 Å². The van der Waals surface area contributed by atoms with E-state index in [-0.39, 0.29) is 23.3 Å². The Kier molecular flexibility index (Phi) is 7.36. The van der Waals surface area contributed by atoms with Crippen molar-refractivity contribution in [1.29, 1.82) is 0 Å². The number of amides is 2. The second-order valence-corrected chi connectivity index (χ2v) is 9.80. The Hall–Kier alpha value is -3.39. The number of carbonyl (C=O) groups excluding carboxylic acids is 2. The van der Waals surface area contributed by atoms with E-state index in [0.717, 1.165) is 23.3 Å². The summed E-state index contributed by atoms with van der Waals surface area (Å²) in [6.45, 7) is 3.81. The monoisotopic (exact) mass is 512 g/mol. The van der Waals surface area contributed by atoms with Crippen LogP contribution in [0.5, 0.6) is 0 Å². The van der Waals surface area contributed by atoms with Gasteiger partial charge in [-0.25, -0.2) is 18.7 Å². The molecule has 1 aromatic heterocycles. The molecule has 0 bridgehead atoms. The molecule has 0 radical (unpaired) electrons. The predicted octanol–water partition coefficient (Wildman–Crippen LogP) is 4.81. The molecular formula is C27H27ClF2N4O2. The Morgan fingerprint density at radius 3 is 2.42 bits per heavy atom. The highest BCUT2D eigenvalue weighted by atomic mass is 35.5. The Morgan fingerprint density at radius 2 is 1.83 bits per heavy atom. The maximum Gasteiger partial charge on any atom is 0.278 e. The number of alkyl halides is 2.